The standard InChI is InChI=1S/C47H51N5O6S2.C24H27N3O4S2.C22H23IN2O3.CH2O3.2K.H/c1-6-29-22-35-37(48-28-34-21-31-14-15-32(23-40(31)52(34)45(35)54)50-44(53)16-17-47(2,3)60-59-5)25-41(29)57-18-10-7-11-19-58-43-26-38-36(24-42(43)56-4)46(55)51-33(27-49-38)20-30-12-8-9-13-39(30)51;1-24(2,33-32-4)8-7-22(29)26-15-6-5-14-9-16-13-25-18-12-20(28)21(31-3)11-17(18)23(30)27(16)19(14)10-15;1-27-20-12-17-18(13-21(20)28-10-6-2-5-9-23)24-14-16-11-15-7-3-4-8-19(15)25(16)22(17)26;2-1-4-3;;;/h8-9,12-15,22-28,33-34H,6-7,10-11,16-21H2,1-5H3,(H,50,53);5-6,10-13,16,28H,7-9H2,1-4H3,(H,26,29);3-4,7-8,12-14,16H,2,5-6,9-11H2,1H3;1,3H;;;/q;;;;2*+1;-1/p-1/t33-,34-;2*16-;;;;/m000..../s1. The van der Waals surface area contributed by atoms with Gasteiger partial charge in [0.1, 0.15) is 5.75 Å². The van der Waals surface area contributed by atoms with Crippen LogP contribution in [-0.4, -0.2) is 164 Å². The summed E-state index contributed by atoms with van der Waals surface area (Å²) in [6.45, 7) is 12.1. The van der Waals surface area contributed by atoms with Crippen molar-refractivity contribution in [2.45, 2.75) is 165 Å². The van der Waals surface area contributed by atoms with Gasteiger partial charge in [-0.1, -0.05) is 121 Å². The molecule has 8 aliphatic heterocycles. The Balaban J connectivity index is 0.000000212. The second-order valence-corrected chi connectivity index (χ2v) is 39.2. The Morgan fingerprint density at radius 1 is 0.488 bits per heavy atom. The summed E-state index contributed by atoms with van der Waals surface area (Å²) in [5.41, 5.74) is 14.3. The molecule has 8 heterocycles. The molecule has 127 heavy (non-hydrogen) atoms. The van der Waals surface area contributed by atoms with Crippen molar-refractivity contribution >= 4 is 189 Å². The molecule has 0 aromatic heterocycles. The Labute approximate surface area is 857 Å². The fraction of sp³-hybridized carbons (Fsp3) is 0.372. The number of rotatable bonds is 31. The topological polar surface area (TPSA) is 314 Å². The third kappa shape index (κ3) is 24.2. The van der Waals surface area contributed by atoms with Gasteiger partial charge in [0, 0.05) is 120 Å². The molecule has 16 rings (SSSR count). The molecule has 3 N–H and O–H groups in total. The van der Waals surface area contributed by atoms with Crippen LogP contribution in [0, 0.1) is 0 Å². The van der Waals surface area contributed by atoms with Gasteiger partial charge >= 0.3 is 103 Å². The molecule has 8 aromatic carbocycles. The number of amides is 6. The second kappa shape index (κ2) is 46.7. The van der Waals surface area contributed by atoms with Gasteiger partial charge in [0.05, 0.1) is 122 Å². The Bertz CT molecular complexity index is 5520. The molecule has 26 nitrogen and oxygen atoms in total. The van der Waals surface area contributed by atoms with Gasteiger partial charge in [0.2, 0.25) is 11.8 Å². The molecule has 4 atom stereocenters. The zero-order valence-electron chi connectivity index (χ0n) is 74.5. The van der Waals surface area contributed by atoms with Crippen LogP contribution in [0.1, 0.15) is 170 Å². The number of phenols is 1. The molecule has 0 spiro atoms. The minimum atomic E-state index is -0.233. The van der Waals surface area contributed by atoms with Crippen molar-refractivity contribution in [3.63, 3.8) is 0 Å². The van der Waals surface area contributed by atoms with Crippen LogP contribution >= 0.6 is 65.8 Å². The number of fused-ring (bicyclic) bond motifs is 16. The number of aliphatic imine (C=N–C) groups is 4. The summed E-state index contributed by atoms with van der Waals surface area (Å²) in [7, 11) is 11.6. The van der Waals surface area contributed by atoms with Crippen LogP contribution in [0.4, 0.5) is 56.9 Å². The van der Waals surface area contributed by atoms with Gasteiger partial charge < -0.3 is 55.7 Å². The average molecular weight is 1960 g/mol. The van der Waals surface area contributed by atoms with Gasteiger partial charge in [-0.25, -0.2) is 0 Å². The van der Waals surface area contributed by atoms with E-state index in [4.69, 9.17) is 48.5 Å². The van der Waals surface area contributed by atoms with Gasteiger partial charge in [-0.15, -0.1) is 0 Å². The van der Waals surface area contributed by atoms with Gasteiger partial charge in [0.15, 0.2) is 34.5 Å². The average Bonchev–Trinajstić information content (AvgIpc) is 1.64. The maximum Gasteiger partial charge on any atom is 1.00 e. The van der Waals surface area contributed by atoms with Crippen molar-refractivity contribution in [1.82, 2.24) is 0 Å². The summed E-state index contributed by atoms with van der Waals surface area (Å²) in [6.07, 6.45) is 23.1. The number of hydrogen-bond acceptors (Lipinski definition) is 24. The minimum Gasteiger partial charge on any atom is -1.00 e. The predicted octanol–water partition coefficient (Wildman–Crippen LogP) is 12.7. The molecule has 0 radical (unpaired) electrons. The number of nitrogens with one attached hydrogen (secondary N) is 2. The summed E-state index contributed by atoms with van der Waals surface area (Å²) in [5, 5.41) is 24.5. The molecule has 33 heteroatoms. The number of nitrogens with zero attached hydrogens (tertiary/aromatic N) is 8. The van der Waals surface area contributed by atoms with Crippen LogP contribution in [0.3, 0.4) is 0 Å². The van der Waals surface area contributed by atoms with Gasteiger partial charge in [-0.2, -0.15) is 0 Å². The summed E-state index contributed by atoms with van der Waals surface area (Å²) in [6, 6.07) is 40.8. The van der Waals surface area contributed by atoms with Gasteiger partial charge in [-0.05, 0) is 191 Å². The van der Waals surface area contributed by atoms with E-state index in [-0.39, 0.29) is 191 Å². The fourth-order valence-electron chi connectivity index (χ4n) is 16.2. The number of aryl methyl sites for hydroxylation is 1. The van der Waals surface area contributed by atoms with Gasteiger partial charge in [0.25, 0.3) is 30.1 Å². The number of phenolic OH excluding ortho intramolecular Hbond substituents is 1. The van der Waals surface area contributed by atoms with Crippen LogP contribution in [-0.2, 0) is 51.4 Å². The van der Waals surface area contributed by atoms with Crippen molar-refractivity contribution in [2.24, 2.45) is 20.0 Å². The predicted molar refractivity (Wildman–Crippen MR) is 509 cm³/mol. The summed E-state index contributed by atoms with van der Waals surface area (Å²) < 4.78 is 36.0. The third-order valence-electron chi connectivity index (χ3n) is 22.5. The Morgan fingerprint density at radius 3 is 1.21 bits per heavy atom. The summed E-state index contributed by atoms with van der Waals surface area (Å²) >= 11 is 2.39. The van der Waals surface area contributed by atoms with Crippen molar-refractivity contribution in [3.8, 4) is 40.2 Å². The largest absolute Gasteiger partial charge is 1.00 e. The van der Waals surface area contributed by atoms with E-state index >= 15 is 0 Å². The van der Waals surface area contributed by atoms with Crippen LogP contribution in [0.5, 0.6) is 40.2 Å². The monoisotopic (exact) mass is 1960 g/mol. The molecule has 0 unspecified atom stereocenters. The molecular formula is C94H103IK2N10O16S4. The number of methoxy groups -OCH3 is 3. The molecule has 0 aliphatic carbocycles. The number of halogens is 1. The number of para-hydroxylation sites is 2. The molecule has 0 fully saturated rings. The molecule has 658 valence electrons. The number of hydrogen-bond donors (Lipinski definition) is 3. The van der Waals surface area contributed by atoms with E-state index < -0.39 is 0 Å². The van der Waals surface area contributed by atoms with Crippen molar-refractivity contribution < 1.29 is 181 Å². The third-order valence-corrected chi connectivity index (χ3v) is 28.6. The van der Waals surface area contributed by atoms with E-state index in [2.05, 4.69) is 101 Å². The zero-order chi connectivity index (χ0) is 88.6. The Kier molecular flexibility index (Phi) is 36.8. The number of anilines is 6. The van der Waals surface area contributed by atoms with E-state index in [1.807, 2.05) is 131 Å². The van der Waals surface area contributed by atoms with Crippen molar-refractivity contribution in [2.75, 3.05) is 88.3 Å². The van der Waals surface area contributed by atoms with Crippen molar-refractivity contribution in [1.29, 1.82) is 0 Å². The first-order valence-corrected chi connectivity index (χ1v) is 48.2. The summed E-state index contributed by atoms with van der Waals surface area (Å²) in [4.78, 5) is 117. The van der Waals surface area contributed by atoms with Crippen molar-refractivity contribution in [3.05, 3.63) is 184 Å². The van der Waals surface area contributed by atoms with E-state index in [1.165, 1.54) is 31.2 Å². The minimum absolute atomic E-state index is 0. The number of ether oxygens (including phenoxy) is 6. The van der Waals surface area contributed by atoms with E-state index in [1.54, 1.807) is 86.7 Å². The van der Waals surface area contributed by atoms with E-state index in [0.717, 1.165) is 113 Å². The number of benzene rings is 8. The fourth-order valence-corrected chi connectivity index (χ4v) is 21.2. The number of aromatic hydroxyl groups is 1. The normalized spacial score (nSPS) is 16.4. The first-order valence-electron chi connectivity index (χ1n) is 41.6. The van der Waals surface area contributed by atoms with E-state index in [0.29, 0.717) is 131 Å². The summed E-state index contributed by atoms with van der Waals surface area (Å²) in [5.74, 6) is 2.60. The maximum atomic E-state index is 14.2. The van der Waals surface area contributed by atoms with E-state index in [9.17, 15) is 33.9 Å². The first-order chi connectivity index (χ1) is 60.4. The second-order valence-electron chi connectivity index (χ2n) is 31.9. The quantitative estimate of drug-likeness (QED) is 0.00531. The van der Waals surface area contributed by atoms with Crippen LogP contribution < -0.4 is 167 Å². The molecule has 0 bridgehead atoms. The Morgan fingerprint density at radius 2 is 0.835 bits per heavy atom. The molecular weight excluding hydrogens is 1860 g/mol. The number of carbonyl (C=O) groups is 7. The number of alkyl halides is 1. The molecule has 6 amide bonds. The molecule has 0 saturated carbocycles. The smallest absolute Gasteiger partial charge is 1.00 e. The zero-order valence-corrected chi connectivity index (χ0v) is 85.2. The maximum absolute atomic E-state index is 14.2. The van der Waals surface area contributed by atoms with Crippen LogP contribution in [0.25, 0.3) is 0 Å². The SMILES string of the molecule is CCc1cc2c(cc1OCCCCCOc1cc3c(cc1OC)C(=O)N1c4ccccc4C[C@H]1C=N3)N=C[C@@H]1Cc3ccc(NC(=O)CCC(C)(C)SSC)cc3N1C2=O.COc1cc2c(cc1O)N=C[C@@H]1Cc3ccc(NC(=O)CCC(C)(C)SSC)cc3N1C2=O.COc1cc2c(cc1OCCCCCI)N=C[C@@H]1Cc3ccccc3N1C2=O.O=CO[O-].[H-].[K+].[K+]. The molecule has 0 saturated heterocycles. The Hall–Kier alpha value is -7.31. The van der Waals surface area contributed by atoms with Crippen LogP contribution in [0.15, 0.2) is 153 Å². The van der Waals surface area contributed by atoms with Crippen LogP contribution in [0.2, 0.25) is 0 Å². The molecule has 8 aliphatic rings. The first kappa shape index (κ1) is 100. The number of carbonyl (C=O) groups excluding carboxylic acids is 7. The molecule has 8 aromatic rings. The van der Waals surface area contributed by atoms with Gasteiger partial charge in [-0.3, -0.25) is 73.1 Å². The number of unbranched alkanes of at least 4 members (excludes halogenated alkanes) is 4.